The number of carbonyl (C=O) groups is 1. The lowest BCUT2D eigenvalue weighted by molar-refractivity contribution is 0.0559. The molecular weight excluding hydrogens is 304 g/mol. The molecule has 0 unspecified atom stereocenters. The van der Waals surface area contributed by atoms with Gasteiger partial charge in [-0.3, -0.25) is 9.80 Å². The van der Waals surface area contributed by atoms with Gasteiger partial charge in [0.25, 0.3) is 0 Å². The van der Waals surface area contributed by atoms with E-state index in [4.69, 9.17) is 4.42 Å². The van der Waals surface area contributed by atoms with Gasteiger partial charge in [0.2, 0.25) is 5.76 Å². The highest BCUT2D eigenvalue weighted by atomic mass is 16.5. The number of piperazine rings is 1. The second kappa shape index (κ2) is 7.64. The van der Waals surface area contributed by atoms with E-state index in [0.717, 1.165) is 45.0 Å². The maximum atomic E-state index is 11.4. The fraction of sp³-hybridized carbons (Fsp3) is 0.421. The van der Waals surface area contributed by atoms with Crippen molar-refractivity contribution in [2.45, 2.75) is 20.0 Å². The van der Waals surface area contributed by atoms with Gasteiger partial charge in [0.1, 0.15) is 5.76 Å². The molecule has 3 rings (SSSR count). The van der Waals surface area contributed by atoms with Crippen molar-refractivity contribution in [2.24, 2.45) is 0 Å². The second-order valence-electron chi connectivity index (χ2n) is 6.24. The molecule has 0 atom stereocenters. The van der Waals surface area contributed by atoms with E-state index in [1.165, 1.54) is 18.2 Å². The third kappa shape index (κ3) is 4.04. The molecule has 1 saturated heterocycles. The quantitative estimate of drug-likeness (QED) is 0.790. The van der Waals surface area contributed by atoms with E-state index in [0.29, 0.717) is 0 Å². The second-order valence-corrected chi connectivity index (χ2v) is 6.24. The number of hydrogen-bond acceptors (Lipinski definition) is 5. The van der Waals surface area contributed by atoms with Crippen LogP contribution in [0.25, 0.3) is 0 Å². The molecule has 0 amide bonds. The van der Waals surface area contributed by atoms with E-state index < -0.39 is 5.97 Å². The fourth-order valence-electron chi connectivity index (χ4n) is 3.03. The van der Waals surface area contributed by atoms with Crippen LogP contribution in [0.1, 0.15) is 27.4 Å². The summed E-state index contributed by atoms with van der Waals surface area (Å²) < 4.78 is 10.2. The molecule has 24 heavy (non-hydrogen) atoms. The number of furan rings is 1. The fourth-order valence-corrected chi connectivity index (χ4v) is 3.03. The zero-order valence-electron chi connectivity index (χ0n) is 14.3. The highest BCUT2D eigenvalue weighted by Crippen LogP contribution is 2.15. The SMILES string of the molecule is COC(=O)c1ccc(CN2CCN(Cc3ccccc3C)CC2)o1. The number of rotatable bonds is 5. The molecule has 1 aromatic carbocycles. The molecule has 2 heterocycles. The summed E-state index contributed by atoms with van der Waals surface area (Å²) in [6, 6.07) is 12.1. The van der Waals surface area contributed by atoms with Crippen LogP contribution in [0.4, 0.5) is 0 Å². The molecule has 128 valence electrons. The monoisotopic (exact) mass is 328 g/mol. The summed E-state index contributed by atoms with van der Waals surface area (Å²) in [5.74, 6) is 0.651. The Morgan fingerprint density at radius 2 is 1.71 bits per heavy atom. The maximum Gasteiger partial charge on any atom is 0.373 e. The third-order valence-corrected chi connectivity index (χ3v) is 4.55. The molecule has 0 saturated carbocycles. The van der Waals surface area contributed by atoms with E-state index in [1.54, 1.807) is 6.07 Å². The van der Waals surface area contributed by atoms with Crippen LogP contribution >= 0.6 is 0 Å². The Labute approximate surface area is 142 Å². The molecular formula is C19H24N2O3. The first kappa shape index (κ1) is 16.7. The van der Waals surface area contributed by atoms with E-state index in [9.17, 15) is 4.79 Å². The average molecular weight is 328 g/mol. The maximum absolute atomic E-state index is 11.4. The van der Waals surface area contributed by atoms with Gasteiger partial charge >= 0.3 is 5.97 Å². The summed E-state index contributed by atoms with van der Waals surface area (Å²) in [5.41, 5.74) is 2.76. The van der Waals surface area contributed by atoms with Gasteiger partial charge in [-0.15, -0.1) is 0 Å². The zero-order valence-corrected chi connectivity index (χ0v) is 14.3. The predicted octanol–water partition coefficient (Wildman–Crippen LogP) is 2.69. The molecule has 1 fully saturated rings. The molecule has 0 bridgehead atoms. The largest absolute Gasteiger partial charge is 0.463 e. The van der Waals surface area contributed by atoms with Gasteiger partial charge in [-0.25, -0.2) is 4.79 Å². The van der Waals surface area contributed by atoms with Gasteiger partial charge in [-0.2, -0.15) is 0 Å². The number of hydrogen-bond donors (Lipinski definition) is 0. The number of nitrogens with zero attached hydrogens (tertiary/aromatic N) is 2. The summed E-state index contributed by atoms with van der Waals surface area (Å²) >= 11 is 0. The number of benzene rings is 1. The van der Waals surface area contributed by atoms with Crippen LogP contribution in [0.5, 0.6) is 0 Å². The van der Waals surface area contributed by atoms with Crippen LogP contribution in [0.15, 0.2) is 40.8 Å². The Morgan fingerprint density at radius 3 is 2.38 bits per heavy atom. The van der Waals surface area contributed by atoms with Gasteiger partial charge in [0, 0.05) is 32.7 Å². The predicted molar refractivity (Wildman–Crippen MR) is 91.8 cm³/mol. The summed E-state index contributed by atoms with van der Waals surface area (Å²) in [4.78, 5) is 16.3. The molecule has 5 heteroatoms. The minimum absolute atomic E-state index is 0.269. The van der Waals surface area contributed by atoms with E-state index >= 15 is 0 Å². The Morgan fingerprint density at radius 1 is 1.04 bits per heavy atom. The summed E-state index contributed by atoms with van der Waals surface area (Å²) in [6.45, 7) is 7.99. The van der Waals surface area contributed by atoms with Crippen LogP contribution in [-0.4, -0.2) is 49.1 Å². The van der Waals surface area contributed by atoms with Crippen molar-refractivity contribution in [3.8, 4) is 0 Å². The van der Waals surface area contributed by atoms with Crippen LogP contribution in [-0.2, 0) is 17.8 Å². The van der Waals surface area contributed by atoms with E-state index in [-0.39, 0.29) is 5.76 Å². The highest BCUT2D eigenvalue weighted by molar-refractivity contribution is 5.86. The molecule has 0 radical (unpaired) electrons. The Hall–Kier alpha value is -2.11. The van der Waals surface area contributed by atoms with Crippen LogP contribution in [0.2, 0.25) is 0 Å². The van der Waals surface area contributed by atoms with Gasteiger partial charge in [0.05, 0.1) is 13.7 Å². The molecule has 0 N–H and O–H groups in total. The zero-order chi connectivity index (χ0) is 16.9. The van der Waals surface area contributed by atoms with E-state index in [2.05, 4.69) is 45.7 Å². The first-order valence-electron chi connectivity index (χ1n) is 8.32. The van der Waals surface area contributed by atoms with Crippen LogP contribution in [0.3, 0.4) is 0 Å². The highest BCUT2D eigenvalue weighted by Gasteiger charge is 2.19. The molecule has 2 aromatic rings. The Balaban J connectivity index is 1.49. The number of aryl methyl sites for hydroxylation is 1. The summed E-state index contributed by atoms with van der Waals surface area (Å²) in [6.07, 6.45) is 0. The van der Waals surface area contributed by atoms with Crippen molar-refractivity contribution in [3.05, 3.63) is 59.0 Å². The molecule has 1 aliphatic heterocycles. The number of methoxy groups -OCH3 is 1. The van der Waals surface area contributed by atoms with Gasteiger partial charge in [-0.1, -0.05) is 24.3 Å². The first-order chi connectivity index (χ1) is 11.7. The standard InChI is InChI=1S/C19H24N2O3/c1-15-5-3-4-6-16(15)13-20-9-11-21(12-10-20)14-17-7-8-18(24-17)19(22)23-2/h3-8H,9-14H2,1-2H3. The third-order valence-electron chi connectivity index (χ3n) is 4.55. The minimum Gasteiger partial charge on any atom is -0.463 e. The normalized spacial score (nSPS) is 16.2. The Bertz CT molecular complexity index is 687. The topological polar surface area (TPSA) is 45.9 Å². The minimum atomic E-state index is -0.427. The van der Waals surface area contributed by atoms with Gasteiger partial charge in [-0.05, 0) is 30.2 Å². The Kier molecular flexibility index (Phi) is 5.33. The number of esters is 1. The first-order valence-corrected chi connectivity index (χ1v) is 8.32. The van der Waals surface area contributed by atoms with Gasteiger partial charge < -0.3 is 9.15 Å². The molecule has 5 nitrogen and oxygen atoms in total. The average Bonchev–Trinajstić information content (AvgIpc) is 3.06. The van der Waals surface area contributed by atoms with Crippen molar-refractivity contribution in [1.29, 1.82) is 0 Å². The summed E-state index contributed by atoms with van der Waals surface area (Å²) in [5, 5.41) is 0. The molecule has 1 aliphatic rings. The van der Waals surface area contributed by atoms with Crippen molar-refractivity contribution >= 4 is 5.97 Å². The van der Waals surface area contributed by atoms with Crippen molar-refractivity contribution in [1.82, 2.24) is 9.80 Å². The molecule has 1 aromatic heterocycles. The van der Waals surface area contributed by atoms with E-state index in [1.807, 2.05) is 6.07 Å². The lowest BCUT2D eigenvalue weighted by atomic mass is 10.1. The van der Waals surface area contributed by atoms with Crippen molar-refractivity contribution in [2.75, 3.05) is 33.3 Å². The van der Waals surface area contributed by atoms with Crippen LogP contribution in [0, 0.1) is 6.92 Å². The summed E-state index contributed by atoms with van der Waals surface area (Å²) in [7, 11) is 1.36. The van der Waals surface area contributed by atoms with Gasteiger partial charge in [0.15, 0.2) is 0 Å². The lowest BCUT2D eigenvalue weighted by Crippen LogP contribution is -2.45. The van der Waals surface area contributed by atoms with Crippen molar-refractivity contribution in [3.63, 3.8) is 0 Å². The van der Waals surface area contributed by atoms with Crippen molar-refractivity contribution < 1.29 is 13.9 Å². The number of ether oxygens (including phenoxy) is 1. The molecule has 0 aliphatic carbocycles. The lowest BCUT2D eigenvalue weighted by Gasteiger charge is -2.34. The molecule has 0 spiro atoms. The number of carbonyl (C=O) groups excluding carboxylic acids is 1. The van der Waals surface area contributed by atoms with Crippen LogP contribution < -0.4 is 0 Å². The smallest absolute Gasteiger partial charge is 0.373 e.